The van der Waals surface area contributed by atoms with Crippen molar-refractivity contribution in [1.29, 1.82) is 0 Å². The van der Waals surface area contributed by atoms with Gasteiger partial charge in [0, 0.05) is 41.2 Å². The number of ether oxygens (including phenoxy) is 1. The van der Waals surface area contributed by atoms with Crippen LogP contribution >= 0.6 is 0 Å². The third-order valence-corrected chi connectivity index (χ3v) is 5.62. The van der Waals surface area contributed by atoms with Crippen molar-refractivity contribution in [1.82, 2.24) is 19.7 Å². The minimum absolute atomic E-state index is 0.381. The highest BCUT2D eigenvalue weighted by Crippen LogP contribution is 2.39. The molecule has 4 heterocycles. The van der Waals surface area contributed by atoms with Crippen molar-refractivity contribution in [3.8, 4) is 22.5 Å². The first-order valence-electron chi connectivity index (χ1n) is 10.3. The molecule has 6 nitrogen and oxygen atoms in total. The van der Waals surface area contributed by atoms with E-state index in [1.807, 2.05) is 49.5 Å². The summed E-state index contributed by atoms with van der Waals surface area (Å²) in [6.07, 6.45) is 7.10. The van der Waals surface area contributed by atoms with Gasteiger partial charge in [-0.25, -0.2) is 4.79 Å². The van der Waals surface area contributed by atoms with E-state index in [2.05, 4.69) is 15.7 Å². The van der Waals surface area contributed by atoms with Crippen molar-refractivity contribution in [2.45, 2.75) is 26.3 Å². The number of pyridine rings is 2. The van der Waals surface area contributed by atoms with Gasteiger partial charge in [-0.1, -0.05) is 12.1 Å². The van der Waals surface area contributed by atoms with Crippen LogP contribution < -0.4 is 0 Å². The summed E-state index contributed by atoms with van der Waals surface area (Å²) >= 11 is 0. The maximum atomic E-state index is 11.5. The summed E-state index contributed by atoms with van der Waals surface area (Å²) in [4.78, 5) is 20.8. The molecule has 154 valence electrons. The fraction of sp³-hybridized carbons (Fsp3) is 0.200. The number of esters is 1. The molecule has 0 unspecified atom stereocenters. The summed E-state index contributed by atoms with van der Waals surface area (Å²) in [5.41, 5.74) is 8.00. The number of rotatable bonds is 4. The van der Waals surface area contributed by atoms with Crippen LogP contribution in [0.5, 0.6) is 0 Å². The lowest BCUT2D eigenvalue weighted by molar-refractivity contribution is -0.134. The van der Waals surface area contributed by atoms with Crippen molar-refractivity contribution >= 4 is 22.9 Å². The molecular weight excluding hydrogens is 388 g/mol. The summed E-state index contributed by atoms with van der Waals surface area (Å²) < 4.78 is 6.82. The van der Waals surface area contributed by atoms with Gasteiger partial charge >= 0.3 is 5.97 Å². The number of fused-ring (bicyclic) bond motifs is 2. The van der Waals surface area contributed by atoms with Gasteiger partial charge in [0.25, 0.3) is 0 Å². The Hall–Kier alpha value is -3.80. The van der Waals surface area contributed by atoms with E-state index in [0.29, 0.717) is 0 Å². The van der Waals surface area contributed by atoms with Crippen LogP contribution in [0.3, 0.4) is 0 Å². The average molecular weight is 410 g/mol. The molecule has 0 saturated heterocycles. The molecule has 0 saturated carbocycles. The maximum absolute atomic E-state index is 11.5. The summed E-state index contributed by atoms with van der Waals surface area (Å²) in [6, 6.07) is 14.1. The standard InChI is InChI=1S/C25H22N4O2/c1-16-5-3-6-21(27-16)25-24(22-7-4-14-29(22)28-25)18-12-13-26-20-10-8-17(15-19(18)20)9-11-23(30)31-2/h3,5-6,8-13,15H,4,7,14H2,1-2H3/b11-9+. The Morgan fingerprint density at radius 3 is 2.94 bits per heavy atom. The topological polar surface area (TPSA) is 69.9 Å². The van der Waals surface area contributed by atoms with Gasteiger partial charge in [0.15, 0.2) is 0 Å². The van der Waals surface area contributed by atoms with Gasteiger partial charge < -0.3 is 4.74 Å². The number of aromatic nitrogens is 4. The number of benzene rings is 1. The summed E-state index contributed by atoms with van der Waals surface area (Å²) in [5, 5.41) is 5.96. The SMILES string of the molecule is COC(=O)/C=C/c1ccc2nccc(-c3c(-c4cccc(C)n4)nn4c3CCC4)c2c1. The molecule has 4 aromatic rings. The average Bonchev–Trinajstić information content (AvgIpc) is 3.38. The van der Waals surface area contributed by atoms with Crippen LogP contribution in [0.2, 0.25) is 0 Å². The molecule has 1 aromatic carbocycles. The number of aryl methyl sites for hydroxylation is 2. The highest BCUT2D eigenvalue weighted by Gasteiger charge is 2.25. The maximum Gasteiger partial charge on any atom is 0.330 e. The zero-order chi connectivity index (χ0) is 21.4. The highest BCUT2D eigenvalue weighted by atomic mass is 16.5. The van der Waals surface area contributed by atoms with Crippen LogP contribution in [0.25, 0.3) is 39.5 Å². The van der Waals surface area contributed by atoms with Crippen LogP contribution in [0.4, 0.5) is 0 Å². The quantitative estimate of drug-likeness (QED) is 0.363. The molecule has 0 amide bonds. The van der Waals surface area contributed by atoms with Gasteiger partial charge in [-0.15, -0.1) is 0 Å². The van der Waals surface area contributed by atoms with E-state index in [-0.39, 0.29) is 5.97 Å². The van der Waals surface area contributed by atoms with E-state index in [1.54, 1.807) is 6.08 Å². The Morgan fingerprint density at radius 1 is 1.19 bits per heavy atom. The summed E-state index contributed by atoms with van der Waals surface area (Å²) in [5.74, 6) is -0.381. The minimum Gasteiger partial charge on any atom is -0.466 e. The third-order valence-electron chi connectivity index (χ3n) is 5.62. The number of hydrogen-bond donors (Lipinski definition) is 0. The van der Waals surface area contributed by atoms with Crippen LogP contribution in [0.15, 0.2) is 54.7 Å². The molecule has 0 spiro atoms. The van der Waals surface area contributed by atoms with Crippen molar-refractivity contribution in [2.75, 3.05) is 7.11 Å². The van der Waals surface area contributed by atoms with Crippen molar-refractivity contribution in [3.05, 3.63) is 71.7 Å². The molecule has 5 rings (SSSR count). The number of hydrogen-bond acceptors (Lipinski definition) is 5. The Kier molecular flexibility index (Phi) is 4.82. The van der Waals surface area contributed by atoms with Gasteiger partial charge in [-0.2, -0.15) is 5.10 Å². The van der Waals surface area contributed by atoms with Crippen molar-refractivity contribution < 1.29 is 9.53 Å². The summed E-state index contributed by atoms with van der Waals surface area (Å²) in [6.45, 7) is 2.92. The van der Waals surface area contributed by atoms with Gasteiger partial charge in [0.1, 0.15) is 5.69 Å². The summed E-state index contributed by atoms with van der Waals surface area (Å²) in [7, 11) is 1.37. The number of nitrogens with zero attached hydrogens (tertiary/aromatic N) is 4. The first-order chi connectivity index (χ1) is 15.1. The molecule has 1 aliphatic rings. The fourth-order valence-electron chi connectivity index (χ4n) is 4.19. The fourth-order valence-corrected chi connectivity index (χ4v) is 4.19. The first kappa shape index (κ1) is 19.2. The second-order valence-corrected chi connectivity index (χ2v) is 7.65. The van der Waals surface area contributed by atoms with Crippen LogP contribution in [-0.2, 0) is 22.5 Å². The zero-order valence-electron chi connectivity index (χ0n) is 17.5. The lowest BCUT2D eigenvalue weighted by atomic mass is 9.95. The second-order valence-electron chi connectivity index (χ2n) is 7.65. The lowest BCUT2D eigenvalue weighted by Gasteiger charge is -2.10. The number of carbonyl (C=O) groups excluding carboxylic acids is 1. The monoisotopic (exact) mass is 410 g/mol. The predicted octanol–water partition coefficient (Wildman–Crippen LogP) is 4.60. The minimum atomic E-state index is -0.381. The molecule has 0 radical (unpaired) electrons. The Bertz CT molecular complexity index is 1340. The van der Waals surface area contributed by atoms with Crippen LogP contribution in [0.1, 0.15) is 23.4 Å². The second kappa shape index (κ2) is 7.80. The molecule has 31 heavy (non-hydrogen) atoms. The van der Waals surface area contributed by atoms with E-state index in [9.17, 15) is 4.79 Å². The van der Waals surface area contributed by atoms with E-state index in [1.165, 1.54) is 18.9 Å². The van der Waals surface area contributed by atoms with Crippen LogP contribution in [0, 0.1) is 6.92 Å². The van der Waals surface area contributed by atoms with Crippen molar-refractivity contribution in [3.63, 3.8) is 0 Å². The molecule has 0 aliphatic carbocycles. The molecule has 3 aromatic heterocycles. The van der Waals surface area contributed by atoms with Crippen LogP contribution in [-0.4, -0.2) is 32.8 Å². The first-order valence-corrected chi connectivity index (χ1v) is 10.3. The molecular formula is C25H22N4O2. The highest BCUT2D eigenvalue weighted by molar-refractivity contribution is 6.00. The Morgan fingerprint density at radius 2 is 2.10 bits per heavy atom. The van der Waals surface area contributed by atoms with Crippen molar-refractivity contribution in [2.24, 2.45) is 0 Å². The molecule has 0 bridgehead atoms. The Balaban J connectivity index is 1.72. The molecule has 0 atom stereocenters. The lowest BCUT2D eigenvalue weighted by Crippen LogP contribution is -1.95. The zero-order valence-corrected chi connectivity index (χ0v) is 17.5. The smallest absolute Gasteiger partial charge is 0.330 e. The van der Waals surface area contributed by atoms with E-state index in [4.69, 9.17) is 14.8 Å². The van der Waals surface area contributed by atoms with Gasteiger partial charge in [-0.05, 0) is 67.3 Å². The van der Waals surface area contributed by atoms with Gasteiger partial charge in [0.05, 0.1) is 18.3 Å². The Labute approximate surface area is 180 Å². The molecule has 0 fully saturated rings. The number of carbonyl (C=O) groups is 1. The van der Waals surface area contributed by atoms with E-state index >= 15 is 0 Å². The normalized spacial score (nSPS) is 13.1. The van der Waals surface area contributed by atoms with E-state index < -0.39 is 0 Å². The van der Waals surface area contributed by atoms with E-state index in [0.717, 1.165) is 64.1 Å². The number of methoxy groups -OCH3 is 1. The van der Waals surface area contributed by atoms with Gasteiger partial charge in [0.2, 0.25) is 0 Å². The molecule has 0 N–H and O–H groups in total. The largest absolute Gasteiger partial charge is 0.466 e. The molecule has 1 aliphatic heterocycles. The third kappa shape index (κ3) is 3.50. The van der Waals surface area contributed by atoms with Gasteiger partial charge in [-0.3, -0.25) is 14.6 Å². The molecule has 6 heteroatoms. The predicted molar refractivity (Wildman–Crippen MR) is 120 cm³/mol.